The van der Waals surface area contributed by atoms with Crippen molar-refractivity contribution in [1.29, 1.82) is 0 Å². The molecule has 0 saturated heterocycles. The zero-order valence-corrected chi connectivity index (χ0v) is 11.1. The third-order valence-electron chi connectivity index (χ3n) is 3.70. The number of carbonyl (C=O) groups excluding carboxylic acids is 1. The maximum Gasteiger partial charge on any atom is 0.255 e. The fourth-order valence-corrected chi connectivity index (χ4v) is 2.68. The number of carbonyl (C=O) groups is 1. The molecule has 5 heteroatoms. The van der Waals surface area contributed by atoms with Gasteiger partial charge in [0.1, 0.15) is 6.04 Å². The van der Waals surface area contributed by atoms with Crippen molar-refractivity contribution >= 4 is 5.91 Å². The summed E-state index contributed by atoms with van der Waals surface area (Å²) in [7, 11) is 1.91. The first kappa shape index (κ1) is 14.0. The van der Waals surface area contributed by atoms with Crippen molar-refractivity contribution in [2.24, 2.45) is 11.8 Å². The third-order valence-corrected chi connectivity index (χ3v) is 3.70. The van der Waals surface area contributed by atoms with Crippen LogP contribution in [0.5, 0.6) is 0 Å². The maximum absolute atomic E-state index is 12.0. The molecule has 0 spiro atoms. The van der Waals surface area contributed by atoms with Crippen molar-refractivity contribution in [3.8, 4) is 0 Å². The van der Waals surface area contributed by atoms with Gasteiger partial charge in [-0.2, -0.15) is 0 Å². The minimum atomic E-state index is -0.385. The number of amides is 1. The number of nitrogens with one attached hydrogen (secondary N) is 1. The monoisotopic (exact) mass is 263 g/mol. The Balaban J connectivity index is 2.07. The summed E-state index contributed by atoms with van der Waals surface area (Å²) < 4.78 is 0. The molecule has 0 heterocycles. The van der Waals surface area contributed by atoms with Crippen LogP contribution >= 0.6 is 0 Å². The van der Waals surface area contributed by atoms with Gasteiger partial charge >= 0.3 is 0 Å². The van der Waals surface area contributed by atoms with E-state index in [1.54, 1.807) is 0 Å². The Morgan fingerprint density at radius 3 is 2.63 bits per heavy atom. The molecule has 5 nitrogen and oxygen atoms in total. The summed E-state index contributed by atoms with van der Waals surface area (Å²) in [5, 5.41) is 9.32. The molecule has 1 aliphatic carbocycles. The quantitative estimate of drug-likeness (QED) is 0.409. The number of hydrazine groups is 1. The lowest BCUT2D eigenvalue weighted by molar-refractivity contribution is -0.126. The third kappa shape index (κ3) is 3.32. The zero-order chi connectivity index (χ0) is 13.8. The van der Waals surface area contributed by atoms with Gasteiger partial charge in [0, 0.05) is 6.54 Å². The minimum absolute atomic E-state index is 0.170. The molecule has 1 fully saturated rings. The lowest BCUT2D eigenvalue weighted by Gasteiger charge is -2.37. The van der Waals surface area contributed by atoms with Crippen molar-refractivity contribution in [3.05, 3.63) is 35.9 Å². The van der Waals surface area contributed by atoms with Crippen molar-refractivity contribution in [2.45, 2.75) is 25.0 Å². The van der Waals surface area contributed by atoms with E-state index < -0.39 is 0 Å². The predicted molar refractivity (Wildman–Crippen MR) is 72.9 cm³/mol. The second-order valence-electron chi connectivity index (χ2n) is 5.25. The molecule has 1 amide bonds. The second kappa shape index (κ2) is 6.14. The number of nitrogens with two attached hydrogens (primary N) is 1. The summed E-state index contributed by atoms with van der Waals surface area (Å²) >= 11 is 0. The molecule has 1 atom stereocenters. The van der Waals surface area contributed by atoms with Gasteiger partial charge in [-0.25, -0.2) is 5.84 Å². The molecule has 1 aliphatic rings. The number of likely N-dealkylation sites (N-methyl/N-ethyl adjacent to an activating group) is 1. The van der Waals surface area contributed by atoms with E-state index in [9.17, 15) is 9.90 Å². The first-order valence-electron chi connectivity index (χ1n) is 6.55. The SMILES string of the molecule is CN(CC1CC(O)C1)C(C(=O)NN)c1ccccc1. The summed E-state index contributed by atoms with van der Waals surface area (Å²) in [6, 6.07) is 9.20. The van der Waals surface area contributed by atoms with Crippen LogP contribution in [-0.4, -0.2) is 35.6 Å². The molecule has 1 aromatic rings. The molecule has 104 valence electrons. The highest BCUT2D eigenvalue weighted by Crippen LogP contribution is 2.30. The van der Waals surface area contributed by atoms with Gasteiger partial charge in [0.15, 0.2) is 0 Å². The molecular weight excluding hydrogens is 242 g/mol. The van der Waals surface area contributed by atoms with Gasteiger partial charge in [-0.15, -0.1) is 0 Å². The number of rotatable bonds is 5. The molecule has 0 bridgehead atoms. The van der Waals surface area contributed by atoms with E-state index in [1.807, 2.05) is 42.3 Å². The molecule has 0 aromatic heterocycles. The van der Waals surface area contributed by atoms with Gasteiger partial charge in [0.25, 0.3) is 5.91 Å². The second-order valence-corrected chi connectivity index (χ2v) is 5.25. The first-order valence-corrected chi connectivity index (χ1v) is 6.55. The van der Waals surface area contributed by atoms with E-state index in [0.29, 0.717) is 5.92 Å². The highest BCUT2D eigenvalue weighted by molar-refractivity contribution is 5.82. The number of aliphatic hydroxyl groups is 1. The summed E-state index contributed by atoms with van der Waals surface area (Å²) in [5.41, 5.74) is 3.16. The van der Waals surface area contributed by atoms with Crippen LogP contribution in [0.25, 0.3) is 0 Å². The van der Waals surface area contributed by atoms with Crippen LogP contribution in [0.4, 0.5) is 0 Å². The molecule has 1 unspecified atom stereocenters. The van der Waals surface area contributed by atoms with Gasteiger partial charge < -0.3 is 5.11 Å². The van der Waals surface area contributed by atoms with Crippen molar-refractivity contribution < 1.29 is 9.90 Å². The van der Waals surface area contributed by atoms with Gasteiger partial charge in [-0.3, -0.25) is 15.1 Å². The number of benzene rings is 1. The molecule has 4 N–H and O–H groups in total. The standard InChI is InChI=1S/C14H21N3O2/c1-17(9-10-7-12(18)8-10)13(14(19)16-15)11-5-3-2-4-6-11/h2-6,10,12-13,18H,7-9,15H2,1H3,(H,16,19). The number of nitrogens with zero attached hydrogens (tertiary/aromatic N) is 1. The van der Waals surface area contributed by atoms with Crippen LogP contribution < -0.4 is 11.3 Å². The smallest absolute Gasteiger partial charge is 0.255 e. The van der Waals surface area contributed by atoms with Crippen molar-refractivity contribution in [2.75, 3.05) is 13.6 Å². The Labute approximate surface area is 113 Å². The molecule has 1 saturated carbocycles. The molecule has 19 heavy (non-hydrogen) atoms. The van der Waals surface area contributed by atoms with E-state index in [0.717, 1.165) is 24.9 Å². The molecular formula is C14H21N3O2. The Morgan fingerprint density at radius 1 is 1.47 bits per heavy atom. The Hall–Kier alpha value is -1.43. The first-order chi connectivity index (χ1) is 9.11. The van der Waals surface area contributed by atoms with E-state index in [1.165, 1.54) is 0 Å². The van der Waals surface area contributed by atoms with E-state index in [-0.39, 0.29) is 18.1 Å². The van der Waals surface area contributed by atoms with Gasteiger partial charge in [-0.1, -0.05) is 30.3 Å². The van der Waals surface area contributed by atoms with Crippen molar-refractivity contribution in [1.82, 2.24) is 10.3 Å². The van der Waals surface area contributed by atoms with Crippen LogP contribution in [0.2, 0.25) is 0 Å². The number of hydrogen-bond donors (Lipinski definition) is 3. The number of hydrogen-bond acceptors (Lipinski definition) is 4. The van der Waals surface area contributed by atoms with Crippen LogP contribution in [0, 0.1) is 5.92 Å². The fraction of sp³-hybridized carbons (Fsp3) is 0.500. The summed E-state index contributed by atoms with van der Waals surface area (Å²) in [5.74, 6) is 5.52. The van der Waals surface area contributed by atoms with Gasteiger partial charge in [0.05, 0.1) is 6.10 Å². The molecule has 0 aliphatic heterocycles. The molecule has 1 aromatic carbocycles. The summed E-state index contributed by atoms with van der Waals surface area (Å²) in [6.07, 6.45) is 1.46. The Morgan fingerprint density at radius 2 is 2.11 bits per heavy atom. The maximum atomic E-state index is 12.0. The lowest BCUT2D eigenvalue weighted by atomic mass is 9.82. The zero-order valence-electron chi connectivity index (χ0n) is 11.1. The topological polar surface area (TPSA) is 78.6 Å². The fourth-order valence-electron chi connectivity index (χ4n) is 2.68. The lowest BCUT2D eigenvalue weighted by Crippen LogP contribution is -2.45. The Kier molecular flexibility index (Phi) is 4.52. The van der Waals surface area contributed by atoms with Crippen molar-refractivity contribution in [3.63, 3.8) is 0 Å². The van der Waals surface area contributed by atoms with Crippen LogP contribution in [0.1, 0.15) is 24.4 Å². The molecule has 2 rings (SSSR count). The summed E-state index contributed by atoms with van der Waals surface area (Å²) in [4.78, 5) is 14.0. The predicted octanol–water partition coefficient (Wildman–Crippen LogP) is 0.420. The normalized spacial score (nSPS) is 23.8. The highest BCUT2D eigenvalue weighted by atomic mass is 16.3. The van der Waals surface area contributed by atoms with Crippen LogP contribution in [-0.2, 0) is 4.79 Å². The number of aliphatic hydroxyl groups excluding tert-OH is 1. The highest BCUT2D eigenvalue weighted by Gasteiger charge is 2.32. The minimum Gasteiger partial charge on any atom is -0.393 e. The van der Waals surface area contributed by atoms with Gasteiger partial charge in [-0.05, 0) is 31.4 Å². The van der Waals surface area contributed by atoms with E-state index in [4.69, 9.17) is 5.84 Å². The van der Waals surface area contributed by atoms with Crippen LogP contribution in [0.15, 0.2) is 30.3 Å². The molecule has 0 radical (unpaired) electrons. The largest absolute Gasteiger partial charge is 0.393 e. The van der Waals surface area contributed by atoms with E-state index in [2.05, 4.69) is 5.43 Å². The average molecular weight is 263 g/mol. The Bertz CT molecular complexity index is 418. The van der Waals surface area contributed by atoms with E-state index >= 15 is 0 Å². The average Bonchev–Trinajstić information content (AvgIpc) is 2.38. The van der Waals surface area contributed by atoms with Crippen LogP contribution in [0.3, 0.4) is 0 Å². The van der Waals surface area contributed by atoms with Gasteiger partial charge in [0.2, 0.25) is 0 Å². The summed E-state index contributed by atoms with van der Waals surface area (Å²) in [6.45, 7) is 0.782.